The lowest BCUT2D eigenvalue weighted by Gasteiger charge is -2.44. The first kappa shape index (κ1) is 20.1. The number of rotatable bonds is 5. The molecule has 0 aliphatic carbocycles. The van der Waals surface area contributed by atoms with Gasteiger partial charge < -0.3 is 4.90 Å². The molecule has 0 aromatic heterocycles. The van der Waals surface area contributed by atoms with Crippen molar-refractivity contribution < 1.29 is 4.39 Å². The lowest BCUT2D eigenvalue weighted by molar-refractivity contribution is 0.0991. The summed E-state index contributed by atoms with van der Waals surface area (Å²) in [5.41, 5.74) is 3.83. The molecule has 0 unspecified atom stereocenters. The number of para-hydroxylation sites is 1. The van der Waals surface area contributed by atoms with Crippen LogP contribution in [-0.4, -0.2) is 61.7 Å². The van der Waals surface area contributed by atoms with Gasteiger partial charge in [-0.25, -0.2) is 4.39 Å². The minimum absolute atomic E-state index is 0.177. The molecule has 2 aromatic rings. The summed E-state index contributed by atoms with van der Waals surface area (Å²) in [5.74, 6) is -0.177. The van der Waals surface area contributed by atoms with E-state index in [-0.39, 0.29) is 5.82 Å². The van der Waals surface area contributed by atoms with Crippen molar-refractivity contribution in [3.63, 3.8) is 0 Å². The maximum atomic E-state index is 13.0. The largest absolute Gasteiger partial charge is 0.369 e. The third kappa shape index (κ3) is 5.26. The number of aryl methyl sites for hydroxylation is 1. The third-order valence-corrected chi connectivity index (χ3v) is 6.31. The van der Waals surface area contributed by atoms with Crippen molar-refractivity contribution in [1.82, 2.24) is 9.80 Å². The summed E-state index contributed by atoms with van der Waals surface area (Å²) in [6.07, 6.45) is 6.89. The predicted octanol–water partition coefficient (Wildman–Crippen LogP) is 4.43. The van der Waals surface area contributed by atoms with Crippen LogP contribution in [0.1, 0.15) is 24.0 Å². The van der Waals surface area contributed by atoms with E-state index in [1.54, 1.807) is 0 Å². The van der Waals surface area contributed by atoms with Gasteiger partial charge in [-0.15, -0.1) is 0 Å². The topological polar surface area (TPSA) is 9.72 Å². The highest BCUT2D eigenvalue weighted by Gasteiger charge is 2.28. The summed E-state index contributed by atoms with van der Waals surface area (Å²) < 4.78 is 13.0. The van der Waals surface area contributed by atoms with E-state index in [2.05, 4.69) is 58.0 Å². The molecular weight excluding hydrogens is 361 g/mol. The molecule has 4 rings (SSSR count). The van der Waals surface area contributed by atoms with Crippen LogP contribution in [0.4, 0.5) is 10.1 Å². The highest BCUT2D eigenvalue weighted by molar-refractivity contribution is 5.53. The number of halogens is 1. The Morgan fingerprint density at radius 1 is 0.966 bits per heavy atom. The van der Waals surface area contributed by atoms with Crippen LogP contribution in [0.2, 0.25) is 0 Å². The van der Waals surface area contributed by atoms with Gasteiger partial charge in [0.1, 0.15) is 5.82 Å². The van der Waals surface area contributed by atoms with Gasteiger partial charge in [-0.3, -0.25) is 9.80 Å². The Balaban J connectivity index is 1.27. The molecule has 154 valence electrons. The Labute approximate surface area is 174 Å². The summed E-state index contributed by atoms with van der Waals surface area (Å²) >= 11 is 0. The molecule has 2 aliphatic rings. The fourth-order valence-electron chi connectivity index (χ4n) is 4.65. The minimum atomic E-state index is -0.177. The van der Waals surface area contributed by atoms with Gasteiger partial charge in [-0.2, -0.15) is 0 Å². The van der Waals surface area contributed by atoms with Crippen molar-refractivity contribution in [2.45, 2.75) is 25.8 Å². The fraction of sp³-hybridized carbons (Fsp3) is 0.440. The normalized spacial score (nSPS) is 21.7. The maximum Gasteiger partial charge on any atom is 0.123 e. The van der Waals surface area contributed by atoms with E-state index in [1.165, 1.54) is 42.8 Å². The Bertz CT molecular complexity index is 809. The number of piperidine rings is 1. The molecule has 29 heavy (non-hydrogen) atoms. The zero-order valence-corrected chi connectivity index (χ0v) is 17.4. The monoisotopic (exact) mass is 393 g/mol. The van der Waals surface area contributed by atoms with Gasteiger partial charge in [0.15, 0.2) is 0 Å². The number of piperazine rings is 1. The second-order valence-corrected chi connectivity index (χ2v) is 8.32. The van der Waals surface area contributed by atoms with Gasteiger partial charge in [0.05, 0.1) is 0 Å². The van der Waals surface area contributed by atoms with Crippen molar-refractivity contribution in [3.05, 3.63) is 71.6 Å². The number of benzene rings is 2. The molecule has 2 fully saturated rings. The summed E-state index contributed by atoms with van der Waals surface area (Å²) in [6.45, 7) is 10.0. The van der Waals surface area contributed by atoms with Crippen molar-refractivity contribution in [2.24, 2.45) is 0 Å². The number of hydrogen-bond acceptors (Lipinski definition) is 3. The van der Waals surface area contributed by atoms with Gasteiger partial charge in [0, 0.05) is 51.0 Å². The van der Waals surface area contributed by atoms with E-state index in [4.69, 9.17) is 0 Å². The minimum Gasteiger partial charge on any atom is -0.369 e. The van der Waals surface area contributed by atoms with E-state index >= 15 is 0 Å². The highest BCUT2D eigenvalue weighted by atomic mass is 19.1. The summed E-state index contributed by atoms with van der Waals surface area (Å²) in [5, 5.41) is 0. The van der Waals surface area contributed by atoms with Gasteiger partial charge in [-0.1, -0.05) is 42.5 Å². The average molecular weight is 394 g/mol. The van der Waals surface area contributed by atoms with Crippen LogP contribution in [-0.2, 0) is 0 Å². The first-order chi connectivity index (χ1) is 14.2. The molecule has 2 aromatic carbocycles. The zero-order valence-electron chi connectivity index (χ0n) is 17.4. The molecule has 0 spiro atoms. The summed E-state index contributed by atoms with van der Waals surface area (Å²) in [4.78, 5) is 7.80. The van der Waals surface area contributed by atoms with Crippen molar-refractivity contribution in [2.75, 3.05) is 50.7 Å². The van der Waals surface area contributed by atoms with Crippen LogP contribution in [0.15, 0.2) is 54.6 Å². The van der Waals surface area contributed by atoms with Crippen LogP contribution in [0.5, 0.6) is 0 Å². The van der Waals surface area contributed by atoms with Crippen LogP contribution in [0, 0.1) is 12.7 Å². The van der Waals surface area contributed by atoms with Gasteiger partial charge >= 0.3 is 0 Å². The van der Waals surface area contributed by atoms with Crippen LogP contribution < -0.4 is 4.90 Å². The van der Waals surface area contributed by atoms with Crippen LogP contribution >= 0.6 is 0 Å². The Morgan fingerprint density at radius 2 is 1.72 bits per heavy atom. The van der Waals surface area contributed by atoms with E-state index < -0.39 is 0 Å². The Hall–Kier alpha value is -2.17. The summed E-state index contributed by atoms with van der Waals surface area (Å²) in [6, 6.07) is 16.1. The van der Waals surface area contributed by atoms with Gasteiger partial charge in [-0.05, 0) is 55.6 Å². The summed E-state index contributed by atoms with van der Waals surface area (Å²) in [7, 11) is 0. The van der Waals surface area contributed by atoms with Crippen molar-refractivity contribution in [1.29, 1.82) is 0 Å². The Morgan fingerprint density at radius 3 is 2.48 bits per heavy atom. The maximum absolute atomic E-state index is 13.0. The molecule has 0 saturated carbocycles. The van der Waals surface area contributed by atoms with Crippen LogP contribution in [0.25, 0.3) is 6.08 Å². The number of likely N-dealkylation sites (tertiary alicyclic amines) is 1. The molecule has 0 bridgehead atoms. The van der Waals surface area contributed by atoms with E-state index in [0.29, 0.717) is 6.04 Å². The second-order valence-electron chi connectivity index (χ2n) is 8.32. The van der Waals surface area contributed by atoms with Crippen LogP contribution in [0.3, 0.4) is 0 Å². The van der Waals surface area contributed by atoms with E-state index in [0.717, 1.165) is 44.8 Å². The lowest BCUT2D eigenvalue weighted by atomic mass is 10.0. The Kier molecular flexibility index (Phi) is 6.63. The molecule has 2 heterocycles. The lowest BCUT2D eigenvalue weighted by Crippen LogP contribution is -2.55. The first-order valence-corrected chi connectivity index (χ1v) is 10.9. The first-order valence-electron chi connectivity index (χ1n) is 10.9. The quantitative estimate of drug-likeness (QED) is 0.744. The number of anilines is 1. The molecule has 3 nitrogen and oxygen atoms in total. The van der Waals surface area contributed by atoms with Gasteiger partial charge in [0.25, 0.3) is 0 Å². The molecule has 4 heteroatoms. The highest BCUT2D eigenvalue weighted by Crippen LogP contribution is 2.23. The van der Waals surface area contributed by atoms with Gasteiger partial charge in [0.2, 0.25) is 0 Å². The zero-order chi connectivity index (χ0) is 20.1. The van der Waals surface area contributed by atoms with Crippen molar-refractivity contribution in [3.8, 4) is 0 Å². The molecule has 2 saturated heterocycles. The smallest absolute Gasteiger partial charge is 0.123 e. The molecular formula is C25H32FN3. The van der Waals surface area contributed by atoms with E-state index in [1.807, 2.05) is 12.1 Å². The average Bonchev–Trinajstić information content (AvgIpc) is 2.76. The second kappa shape index (κ2) is 9.55. The molecule has 0 radical (unpaired) electrons. The molecule has 1 atom stereocenters. The van der Waals surface area contributed by atoms with E-state index in [9.17, 15) is 4.39 Å². The van der Waals surface area contributed by atoms with Crippen molar-refractivity contribution >= 4 is 11.8 Å². The SMILES string of the molecule is Cc1ccccc1N1CCN([C@H]2CCCN(C/C=C/c3ccc(F)cc3)C2)CC1. The molecule has 2 aliphatic heterocycles. The molecule has 0 N–H and O–H groups in total. The number of hydrogen-bond donors (Lipinski definition) is 0. The molecule has 0 amide bonds. The fourth-order valence-corrected chi connectivity index (χ4v) is 4.65. The number of nitrogens with zero attached hydrogens (tertiary/aromatic N) is 3. The predicted molar refractivity (Wildman–Crippen MR) is 120 cm³/mol. The standard InChI is InChI=1S/C25H32FN3/c1-21-6-2-3-9-25(21)29-18-16-28(17-19-29)24-8-5-15-27(20-24)14-4-7-22-10-12-23(26)13-11-22/h2-4,6-7,9-13,24H,5,8,14-20H2,1H3/b7-4+/t24-/m0/s1. The third-order valence-electron chi connectivity index (χ3n) is 6.31.